The van der Waals surface area contributed by atoms with E-state index in [2.05, 4.69) is 6.58 Å². The third-order valence-electron chi connectivity index (χ3n) is 1.23. The molecule has 0 heterocycles. The molecule has 5 nitrogen and oxygen atoms in total. The Morgan fingerprint density at radius 3 is 2.38 bits per heavy atom. The third-order valence-corrected chi connectivity index (χ3v) is 1.91. The molecule has 0 aliphatic heterocycles. The molecule has 0 saturated carbocycles. The fraction of sp³-hybridized carbons (Fsp3) is 0.500. The first kappa shape index (κ1) is 16.6. The van der Waals surface area contributed by atoms with Gasteiger partial charge in [0.15, 0.2) is 0 Å². The van der Waals surface area contributed by atoms with Gasteiger partial charge in [-0.25, -0.2) is 8.42 Å². The summed E-state index contributed by atoms with van der Waals surface area (Å²) in [5.74, 6) is -0.970. The van der Waals surface area contributed by atoms with Gasteiger partial charge < -0.3 is 9.45 Å². The van der Waals surface area contributed by atoms with Crippen molar-refractivity contribution in [3.8, 4) is 0 Å². The van der Waals surface area contributed by atoms with Crippen LogP contribution in [0.5, 0.6) is 0 Å². The minimum Gasteiger partial charge on any atom is -0.748 e. The number of nitrogens with zero attached hydrogens (tertiary/aromatic N) is 1. The molecule has 0 spiro atoms. The van der Waals surface area contributed by atoms with Crippen molar-refractivity contribution in [2.24, 2.45) is 0 Å². The average molecular weight is 325 g/mol. The predicted octanol–water partition coefficient (Wildman–Crippen LogP) is -3.82. The summed E-state index contributed by atoms with van der Waals surface area (Å²) in [7, 11) is -2.84. The quantitative estimate of drug-likeness (QED) is 0.392. The molecule has 0 fully saturated rings. The number of hydrogen-bond donors (Lipinski definition) is 0. The van der Waals surface area contributed by atoms with E-state index in [-0.39, 0.29) is 75.4 Å². The van der Waals surface area contributed by atoms with Crippen LogP contribution in [0.25, 0.3) is 0 Å². The first-order valence-electron chi connectivity index (χ1n) is 3.18. The maximum absolute atomic E-state index is 10.7. The minimum atomic E-state index is -4.24. The number of carbonyl (C=O) groups is 1. The zero-order valence-corrected chi connectivity index (χ0v) is 14.8. The number of amides is 1. The van der Waals surface area contributed by atoms with Gasteiger partial charge in [-0.1, -0.05) is 6.58 Å². The summed E-state index contributed by atoms with van der Waals surface area (Å²) in [6.45, 7) is 3.11. The van der Waals surface area contributed by atoms with Gasteiger partial charge in [0.05, 0.1) is 15.9 Å². The van der Waals surface area contributed by atoms with Crippen molar-refractivity contribution >= 4 is 16.0 Å². The number of hydrogen-bond acceptors (Lipinski definition) is 4. The van der Waals surface area contributed by atoms with Crippen molar-refractivity contribution in [3.63, 3.8) is 0 Å². The van der Waals surface area contributed by atoms with Gasteiger partial charge in [0, 0.05) is 13.6 Å². The molecule has 0 bridgehead atoms. The fourth-order valence-electron chi connectivity index (χ4n) is 0.515. The molecule has 0 unspecified atom stereocenters. The number of carbonyl (C=O) groups excluding carboxylic acids is 1. The summed E-state index contributed by atoms with van der Waals surface area (Å²) in [6, 6.07) is 0. The van der Waals surface area contributed by atoms with E-state index in [4.69, 9.17) is 0 Å². The zero-order valence-electron chi connectivity index (χ0n) is 7.69. The van der Waals surface area contributed by atoms with Crippen LogP contribution in [0.2, 0.25) is 0 Å². The van der Waals surface area contributed by atoms with Gasteiger partial charge in [-0.05, 0) is 6.08 Å². The molecule has 13 heavy (non-hydrogen) atoms. The van der Waals surface area contributed by atoms with Gasteiger partial charge in [0.25, 0.3) is 0 Å². The van der Waals surface area contributed by atoms with Crippen LogP contribution in [0.1, 0.15) is 0 Å². The van der Waals surface area contributed by atoms with E-state index in [0.29, 0.717) is 0 Å². The van der Waals surface area contributed by atoms with Crippen LogP contribution < -0.4 is 68.9 Å². The molecule has 0 aromatic rings. The van der Waals surface area contributed by atoms with Crippen molar-refractivity contribution in [1.82, 2.24) is 4.90 Å². The smallest absolute Gasteiger partial charge is 0.748 e. The Bertz CT molecular complexity index is 274. The molecule has 0 rings (SSSR count). The second-order valence-electron chi connectivity index (χ2n) is 2.23. The normalized spacial score (nSPS) is 10.0. The molecule has 0 aromatic heterocycles. The Kier molecular flexibility index (Phi) is 9.53. The van der Waals surface area contributed by atoms with E-state index in [0.717, 1.165) is 11.0 Å². The van der Waals surface area contributed by atoms with Crippen molar-refractivity contribution in [3.05, 3.63) is 12.7 Å². The Hall–Kier alpha value is 1.17. The van der Waals surface area contributed by atoms with E-state index >= 15 is 0 Å². The number of likely N-dealkylation sites (N-methyl/N-ethyl adjacent to an activating group) is 1. The molecule has 70 valence electrons. The molecule has 0 N–H and O–H groups in total. The fourth-order valence-corrected chi connectivity index (χ4v) is 1.01. The van der Waals surface area contributed by atoms with Gasteiger partial charge in [-0.2, -0.15) is 0 Å². The Morgan fingerprint density at radius 2 is 2.08 bits per heavy atom. The van der Waals surface area contributed by atoms with Crippen LogP contribution in [0.3, 0.4) is 0 Å². The van der Waals surface area contributed by atoms with Crippen LogP contribution in [-0.4, -0.2) is 43.1 Å². The van der Waals surface area contributed by atoms with Gasteiger partial charge in [-0.15, -0.1) is 0 Å². The molecule has 0 saturated heterocycles. The van der Waals surface area contributed by atoms with E-state index in [9.17, 15) is 17.8 Å². The molecule has 0 radical (unpaired) electrons. The van der Waals surface area contributed by atoms with Crippen LogP contribution in [-0.2, 0) is 14.9 Å². The standard InChI is InChI=1S/C6H11NO4S.Cs/c1-3-6(8)7(2)4-5-12(9,10)11;/h3H,1,4-5H2,2H3,(H,9,10,11);/q;+1/p-1. The molecule has 0 aliphatic carbocycles. The minimum absolute atomic E-state index is 0. The molecular weight excluding hydrogens is 315 g/mol. The van der Waals surface area contributed by atoms with Gasteiger partial charge in [0.2, 0.25) is 5.91 Å². The van der Waals surface area contributed by atoms with E-state index in [1.807, 2.05) is 0 Å². The van der Waals surface area contributed by atoms with Gasteiger partial charge in [-0.3, -0.25) is 4.79 Å². The summed E-state index contributed by atoms with van der Waals surface area (Å²) >= 11 is 0. The molecule has 1 amide bonds. The Balaban J connectivity index is 0. The second kappa shape index (κ2) is 7.46. The molecule has 7 heteroatoms. The van der Waals surface area contributed by atoms with Gasteiger partial charge in [0.1, 0.15) is 0 Å². The van der Waals surface area contributed by atoms with Crippen molar-refractivity contribution in [2.45, 2.75) is 0 Å². The Morgan fingerprint density at radius 1 is 1.62 bits per heavy atom. The first-order chi connectivity index (χ1) is 5.37. The molecule has 0 atom stereocenters. The Labute approximate surface area is 137 Å². The van der Waals surface area contributed by atoms with Crippen molar-refractivity contribution in [1.29, 1.82) is 0 Å². The first-order valence-corrected chi connectivity index (χ1v) is 4.75. The van der Waals surface area contributed by atoms with E-state index < -0.39 is 21.8 Å². The third kappa shape index (κ3) is 9.48. The maximum Gasteiger partial charge on any atom is 1.00 e. The SMILES string of the molecule is C=CC(=O)N(C)CCS(=O)(=O)[O-].[Cs+]. The monoisotopic (exact) mass is 325 g/mol. The summed E-state index contributed by atoms with van der Waals surface area (Å²) in [5.41, 5.74) is 0. The summed E-state index contributed by atoms with van der Waals surface area (Å²) in [6.07, 6.45) is 1.05. The van der Waals surface area contributed by atoms with Crippen LogP contribution >= 0.6 is 0 Å². The second-order valence-corrected chi connectivity index (χ2v) is 3.75. The van der Waals surface area contributed by atoms with E-state index in [1.165, 1.54) is 7.05 Å². The average Bonchev–Trinajstić information content (AvgIpc) is 1.97. The van der Waals surface area contributed by atoms with Crippen LogP contribution in [0.15, 0.2) is 12.7 Å². The summed E-state index contributed by atoms with van der Waals surface area (Å²) in [4.78, 5) is 11.9. The van der Waals surface area contributed by atoms with E-state index in [1.54, 1.807) is 0 Å². The predicted molar refractivity (Wildman–Crippen MR) is 42.4 cm³/mol. The van der Waals surface area contributed by atoms with Crippen molar-refractivity contribution in [2.75, 3.05) is 19.3 Å². The van der Waals surface area contributed by atoms with Crippen LogP contribution in [0, 0.1) is 0 Å². The largest absolute Gasteiger partial charge is 1.00 e. The molecule has 0 aromatic carbocycles. The van der Waals surface area contributed by atoms with Gasteiger partial charge >= 0.3 is 68.9 Å². The maximum atomic E-state index is 10.7. The topological polar surface area (TPSA) is 77.5 Å². The van der Waals surface area contributed by atoms with Crippen molar-refractivity contribution < 1.29 is 86.7 Å². The summed E-state index contributed by atoms with van der Waals surface area (Å²) < 4.78 is 30.4. The molecular formula is C6H10CsNO4S. The number of rotatable bonds is 4. The zero-order chi connectivity index (χ0) is 9.78. The van der Waals surface area contributed by atoms with Crippen LogP contribution in [0.4, 0.5) is 0 Å². The molecule has 0 aliphatic rings. The summed E-state index contributed by atoms with van der Waals surface area (Å²) in [5, 5.41) is 0.